The summed E-state index contributed by atoms with van der Waals surface area (Å²) in [6.45, 7) is 2.04. The number of rotatable bonds is 7. The lowest BCUT2D eigenvalue weighted by molar-refractivity contribution is -0.139. The van der Waals surface area contributed by atoms with Gasteiger partial charge in [-0.1, -0.05) is 48.5 Å². The molecule has 6 nitrogen and oxygen atoms in total. The second kappa shape index (κ2) is 8.67. The molecule has 154 valence electrons. The second-order valence-electron chi connectivity index (χ2n) is 7.26. The summed E-state index contributed by atoms with van der Waals surface area (Å²) in [5, 5.41) is 12.0. The Morgan fingerprint density at radius 2 is 1.77 bits per heavy atom. The highest BCUT2D eigenvalue weighted by atomic mass is 32.1. The predicted octanol–water partition coefficient (Wildman–Crippen LogP) is 4.38. The van der Waals surface area contributed by atoms with Crippen LogP contribution in [-0.4, -0.2) is 34.8 Å². The standard InChI is InChI=1S/C23H22N2O4S/c1-14-21(30-13-24-14)11-10-20(22(26)27)25-23(28)29-12-19-17-8-4-2-6-15(17)16-7-3-5-9-18(16)19/h2-9,13,19-20H,10-12H2,1H3,(H,25,28)(H,26,27). The van der Waals surface area contributed by atoms with Gasteiger partial charge in [-0.2, -0.15) is 0 Å². The summed E-state index contributed by atoms with van der Waals surface area (Å²) < 4.78 is 5.46. The number of hydrogen-bond acceptors (Lipinski definition) is 5. The molecular weight excluding hydrogens is 400 g/mol. The number of ether oxygens (including phenoxy) is 1. The largest absolute Gasteiger partial charge is 0.480 e. The molecule has 3 aromatic rings. The van der Waals surface area contributed by atoms with Crippen molar-refractivity contribution < 1.29 is 19.4 Å². The van der Waals surface area contributed by atoms with Crippen LogP contribution in [0.15, 0.2) is 54.0 Å². The summed E-state index contributed by atoms with van der Waals surface area (Å²) in [4.78, 5) is 29.1. The van der Waals surface area contributed by atoms with Crippen molar-refractivity contribution in [2.24, 2.45) is 0 Å². The maximum atomic E-state index is 12.4. The molecule has 1 unspecified atom stereocenters. The van der Waals surface area contributed by atoms with Crippen LogP contribution in [0.25, 0.3) is 11.1 Å². The number of benzene rings is 2. The van der Waals surface area contributed by atoms with Crippen molar-refractivity contribution in [2.45, 2.75) is 31.7 Å². The zero-order valence-electron chi connectivity index (χ0n) is 16.5. The van der Waals surface area contributed by atoms with E-state index in [1.807, 2.05) is 43.3 Å². The van der Waals surface area contributed by atoms with E-state index in [-0.39, 0.29) is 18.9 Å². The molecule has 1 atom stereocenters. The Bertz CT molecular complexity index is 1030. The van der Waals surface area contributed by atoms with Crippen LogP contribution in [0, 0.1) is 6.92 Å². The number of hydrogen-bond donors (Lipinski definition) is 2. The molecule has 0 bridgehead atoms. The molecule has 0 radical (unpaired) electrons. The monoisotopic (exact) mass is 422 g/mol. The Labute approximate surface area is 178 Å². The van der Waals surface area contributed by atoms with Crippen LogP contribution in [0.3, 0.4) is 0 Å². The second-order valence-corrected chi connectivity index (χ2v) is 8.20. The summed E-state index contributed by atoms with van der Waals surface area (Å²) in [6, 6.07) is 15.1. The van der Waals surface area contributed by atoms with Crippen LogP contribution < -0.4 is 5.32 Å². The maximum absolute atomic E-state index is 12.4. The summed E-state index contributed by atoms with van der Waals surface area (Å²) in [7, 11) is 0. The normalized spacial score (nSPS) is 13.4. The molecule has 1 aromatic heterocycles. The molecule has 2 aromatic carbocycles. The number of amides is 1. The Hall–Kier alpha value is -3.19. The summed E-state index contributed by atoms with van der Waals surface area (Å²) in [6.07, 6.45) is 0.102. The highest BCUT2D eigenvalue weighted by Crippen LogP contribution is 2.44. The first-order valence-electron chi connectivity index (χ1n) is 9.78. The molecule has 2 N–H and O–H groups in total. The zero-order valence-corrected chi connectivity index (χ0v) is 17.3. The van der Waals surface area contributed by atoms with Crippen LogP contribution in [0.1, 0.15) is 34.0 Å². The van der Waals surface area contributed by atoms with Gasteiger partial charge in [0.05, 0.1) is 11.2 Å². The molecule has 0 fully saturated rings. The fraction of sp³-hybridized carbons (Fsp3) is 0.261. The molecule has 1 aliphatic carbocycles. The van der Waals surface area contributed by atoms with Crippen LogP contribution in [0.4, 0.5) is 4.79 Å². The highest BCUT2D eigenvalue weighted by Gasteiger charge is 2.29. The number of aryl methyl sites for hydroxylation is 2. The van der Waals surface area contributed by atoms with Crippen molar-refractivity contribution in [2.75, 3.05) is 6.61 Å². The molecular formula is C23H22N2O4S. The van der Waals surface area contributed by atoms with E-state index in [1.165, 1.54) is 11.3 Å². The SMILES string of the molecule is Cc1ncsc1CCC(NC(=O)OCC1c2ccccc2-c2ccccc21)C(=O)O. The third kappa shape index (κ3) is 4.07. The van der Waals surface area contributed by atoms with Gasteiger partial charge in [0.1, 0.15) is 12.6 Å². The molecule has 1 aliphatic rings. The lowest BCUT2D eigenvalue weighted by Crippen LogP contribution is -2.41. The first kappa shape index (κ1) is 20.1. The topological polar surface area (TPSA) is 88.5 Å². The smallest absolute Gasteiger partial charge is 0.407 e. The third-order valence-corrected chi connectivity index (χ3v) is 6.43. The van der Waals surface area contributed by atoms with Crippen molar-refractivity contribution >= 4 is 23.4 Å². The molecule has 4 rings (SSSR count). The third-order valence-electron chi connectivity index (χ3n) is 5.44. The van der Waals surface area contributed by atoms with E-state index in [4.69, 9.17) is 4.74 Å². The molecule has 7 heteroatoms. The van der Waals surface area contributed by atoms with Crippen molar-refractivity contribution in [3.8, 4) is 11.1 Å². The minimum absolute atomic E-state index is 0.0636. The van der Waals surface area contributed by atoms with E-state index in [9.17, 15) is 14.7 Å². The number of thiazole rings is 1. The lowest BCUT2D eigenvalue weighted by atomic mass is 9.98. The van der Waals surface area contributed by atoms with Gasteiger partial charge in [0.2, 0.25) is 0 Å². The fourth-order valence-electron chi connectivity index (χ4n) is 3.88. The average Bonchev–Trinajstić information content (AvgIpc) is 3.30. The number of carboxylic acid groups (broad SMARTS) is 1. The number of alkyl carbamates (subject to hydrolysis) is 1. The van der Waals surface area contributed by atoms with Gasteiger partial charge in [0.15, 0.2) is 0 Å². The van der Waals surface area contributed by atoms with E-state index in [1.54, 1.807) is 5.51 Å². The minimum atomic E-state index is -1.08. The zero-order chi connectivity index (χ0) is 21.1. The van der Waals surface area contributed by atoms with Crippen LogP contribution in [-0.2, 0) is 16.0 Å². The minimum Gasteiger partial charge on any atom is -0.480 e. The molecule has 1 heterocycles. The van der Waals surface area contributed by atoms with E-state index in [0.717, 1.165) is 32.8 Å². The Morgan fingerprint density at radius 3 is 2.33 bits per heavy atom. The quantitative estimate of drug-likeness (QED) is 0.590. The van der Waals surface area contributed by atoms with Crippen LogP contribution in [0.5, 0.6) is 0 Å². The average molecular weight is 423 g/mol. The number of nitrogens with zero attached hydrogens (tertiary/aromatic N) is 1. The molecule has 0 saturated heterocycles. The Kier molecular flexibility index (Phi) is 5.81. The number of nitrogens with one attached hydrogen (secondary N) is 1. The van der Waals surface area contributed by atoms with Gasteiger partial charge >= 0.3 is 12.1 Å². The van der Waals surface area contributed by atoms with Gasteiger partial charge in [-0.3, -0.25) is 0 Å². The lowest BCUT2D eigenvalue weighted by Gasteiger charge is -2.17. The molecule has 30 heavy (non-hydrogen) atoms. The first-order valence-corrected chi connectivity index (χ1v) is 10.7. The molecule has 0 spiro atoms. The van der Waals surface area contributed by atoms with Gasteiger partial charge in [-0.25, -0.2) is 14.6 Å². The highest BCUT2D eigenvalue weighted by molar-refractivity contribution is 7.09. The van der Waals surface area contributed by atoms with E-state index in [2.05, 4.69) is 22.4 Å². The fourth-order valence-corrected chi connectivity index (χ4v) is 4.68. The van der Waals surface area contributed by atoms with Crippen LogP contribution in [0.2, 0.25) is 0 Å². The molecule has 0 aliphatic heterocycles. The van der Waals surface area contributed by atoms with Gasteiger partial charge in [0.25, 0.3) is 0 Å². The number of aromatic nitrogens is 1. The summed E-state index contributed by atoms with van der Waals surface area (Å²) in [5.41, 5.74) is 7.14. The predicted molar refractivity (Wildman–Crippen MR) is 115 cm³/mol. The van der Waals surface area contributed by atoms with Gasteiger partial charge in [0, 0.05) is 10.8 Å². The summed E-state index contributed by atoms with van der Waals surface area (Å²) in [5.74, 6) is -1.14. The summed E-state index contributed by atoms with van der Waals surface area (Å²) >= 11 is 1.49. The van der Waals surface area contributed by atoms with Gasteiger partial charge < -0.3 is 15.2 Å². The number of carbonyl (C=O) groups excluding carboxylic acids is 1. The number of fused-ring (bicyclic) bond motifs is 3. The van der Waals surface area contributed by atoms with Gasteiger partial charge in [-0.05, 0) is 42.0 Å². The van der Waals surface area contributed by atoms with Crippen LogP contribution >= 0.6 is 11.3 Å². The maximum Gasteiger partial charge on any atom is 0.407 e. The van der Waals surface area contributed by atoms with E-state index >= 15 is 0 Å². The van der Waals surface area contributed by atoms with Crippen molar-refractivity contribution in [1.29, 1.82) is 0 Å². The number of aliphatic carboxylic acids is 1. The van der Waals surface area contributed by atoms with Crippen molar-refractivity contribution in [3.05, 3.63) is 75.7 Å². The number of carbonyl (C=O) groups is 2. The molecule has 1 amide bonds. The Balaban J connectivity index is 1.39. The van der Waals surface area contributed by atoms with Crippen molar-refractivity contribution in [1.82, 2.24) is 10.3 Å². The van der Waals surface area contributed by atoms with E-state index < -0.39 is 18.1 Å². The molecule has 0 saturated carbocycles. The van der Waals surface area contributed by atoms with Crippen molar-refractivity contribution in [3.63, 3.8) is 0 Å². The van der Waals surface area contributed by atoms with E-state index in [0.29, 0.717) is 6.42 Å². The number of carboxylic acids is 1. The Morgan fingerprint density at radius 1 is 1.13 bits per heavy atom. The van der Waals surface area contributed by atoms with Gasteiger partial charge in [-0.15, -0.1) is 11.3 Å². The first-order chi connectivity index (χ1) is 14.5.